The van der Waals surface area contributed by atoms with Gasteiger partial charge >= 0.3 is 6.03 Å². The van der Waals surface area contributed by atoms with E-state index < -0.39 is 0 Å². The van der Waals surface area contributed by atoms with E-state index in [0.29, 0.717) is 39.3 Å². The Hall–Kier alpha value is -2.15. The van der Waals surface area contributed by atoms with Crippen molar-refractivity contribution in [2.45, 2.75) is 24.7 Å². The van der Waals surface area contributed by atoms with Gasteiger partial charge in [-0.15, -0.1) is 0 Å². The van der Waals surface area contributed by atoms with E-state index in [-0.39, 0.29) is 29.1 Å². The summed E-state index contributed by atoms with van der Waals surface area (Å²) in [5.41, 5.74) is 6.07. The Balaban J connectivity index is 1.66. The molecule has 2 saturated heterocycles. The number of amides is 3. The number of likely N-dealkylation sites (tertiary alicyclic amines) is 1. The van der Waals surface area contributed by atoms with Crippen LogP contribution < -0.4 is 11.1 Å². The first-order valence-electron chi connectivity index (χ1n) is 8.66. The summed E-state index contributed by atoms with van der Waals surface area (Å²) in [5.74, 6) is -0.896. The quantitative estimate of drug-likeness (QED) is 0.861. The molecule has 0 unspecified atom stereocenters. The average molecular weight is 349 g/mol. The largest absolute Gasteiger partial charge is 0.381 e. The van der Waals surface area contributed by atoms with Crippen molar-refractivity contribution < 1.29 is 18.7 Å². The lowest BCUT2D eigenvalue weighted by molar-refractivity contribution is -0.121. The van der Waals surface area contributed by atoms with Gasteiger partial charge in [-0.2, -0.15) is 0 Å². The molecule has 0 bridgehead atoms. The van der Waals surface area contributed by atoms with Gasteiger partial charge in [-0.25, -0.2) is 9.18 Å². The molecule has 2 aliphatic heterocycles. The summed E-state index contributed by atoms with van der Waals surface area (Å²) >= 11 is 0. The van der Waals surface area contributed by atoms with Crippen LogP contribution in [0.5, 0.6) is 0 Å². The van der Waals surface area contributed by atoms with E-state index in [9.17, 15) is 14.0 Å². The predicted octanol–water partition coefficient (Wildman–Crippen LogP) is 1.39. The van der Waals surface area contributed by atoms with Crippen LogP contribution in [-0.2, 0) is 14.9 Å². The van der Waals surface area contributed by atoms with Crippen LogP contribution in [0.2, 0.25) is 0 Å². The Kier molecular flexibility index (Phi) is 5.22. The van der Waals surface area contributed by atoms with Crippen LogP contribution in [0.3, 0.4) is 0 Å². The number of nitrogens with one attached hydrogen (secondary N) is 1. The molecule has 6 nitrogen and oxygen atoms in total. The third-order valence-electron chi connectivity index (χ3n) is 5.36. The highest BCUT2D eigenvalue weighted by Gasteiger charge is 2.36. The predicted molar refractivity (Wildman–Crippen MR) is 90.4 cm³/mol. The monoisotopic (exact) mass is 349 g/mol. The molecule has 3 rings (SSSR count). The molecule has 3 N–H and O–H groups in total. The second kappa shape index (κ2) is 7.39. The first kappa shape index (κ1) is 17.7. The summed E-state index contributed by atoms with van der Waals surface area (Å²) < 4.78 is 18.7. The molecule has 1 atom stereocenters. The van der Waals surface area contributed by atoms with E-state index in [1.165, 1.54) is 12.1 Å². The molecule has 3 amide bonds. The summed E-state index contributed by atoms with van der Waals surface area (Å²) in [6.45, 7) is 2.58. The Labute approximate surface area is 146 Å². The number of nitrogens with zero attached hydrogens (tertiary/aromatic N) is 1. The van der Waals surface area contributed by atoms with E-state index in [0.717, 1.165) is 18.4 Å². The summed E-state index contributed by atoms with van der Waals surface area (Å²) in [4.78, 5) is 25.3. The number of hydrogen-bond acceptors (Lipinski definition) is 3. The molecule has 0 spiro atoms. The number of hydrogen-bond donors (Lipinski definition) is 2. The second-order valence-electron chi connectivity index (χ2n) is 6.89. The summed E-state index contributed by atoms with van der Waals surface area (Å²) in [6.07, 6.45) is 2.14. The van der Waals surface area contributed by atoms with Gasteiger partial charge in [-0.1, -0.05) is 12.1 Å². The SMILES string of the molecule is NC(=O)[C@@H]1CCN(C(=O)NCC2(c3ccc(F)cc3)CCOCC2)C1. The fourth-order valence-corrected chi connectivity index (χ4v) is 3.67. The molecular formula is C18H24FN3O3. The van der Waals surface area contributed by atoms with Gasteiger partial charge in [-0.3, -0.25) is 4.79 Å². The number of ether oxygens (including phenoxy) is 1. The molecule has 1 aromatic carbocycles. The number of benzene rings is 1. The highest BCUT2D eigenvalue weighted by Crippen LogP contribution is 2.34. The minimum absolute atomic E-state index is 0.184. The molecule has 0 aromatic heterocycles. The molecule has 136 valence electrons. The zero-order valence-electron chi connectivity index (χ0n) is 14.2. The van der Waals surface area contributed by atoms with Crippen molar-refractivity contribution in [1.82, 2.24) is 10.2 Å². The van der Waals surface area contributed by atoms with Crippen LogP contribution in [0, 0.1) is 11.7 Å². The number of primary amides is 1. The van der Waals surface area contributed by atoms with Crippen LogP contribution in [0.25, 0.3) is 0 Å². The second-order valence-corrected chi connectivity index (χ2v) is 6.89. The highest BCUT2D eigenvalue weighted by atomic mass is 19.1. The fraction of sp³-hybridized carbons (Fsp3) is 0.556. The van der Waals surface area contributed by atoms with Gasteiger partial charge in [0.15, 0.2) is 0 Å². The zero-order valence-corrected chi connectivity index (χ0v) is 14.2. The lowest BCUT2D eigenvalue weighted by Gasteiger charge is -2.38. The fourth-order valence-electron chi connectivity index (χ4n) is 3.67. The van der Waals surface area contributed by atoms with Crippen LogP contribution in [0.4, 0.5) is 9.18 Å². The summed E-state index contributed by atoms with van der Waals surface area (Å²) in [5, 5.41) is 2.99. The van der Waals surface area contributed by atoms with E-state index in [4.69, 9.17) is 10.5 Å². The topological polar surface area (TPSA) is 84.7 Å². The number of carbonyl (C=O) groups excluding carboxylic acids is 2. The first-order valence-corrected chi connectivity index (χ1v) is 8.66. The van der Waals surface area contributed by atoms with Crippen molar-refractivity contribution >= 4 is 11.9 Å². The average Bonchev–Trinajstić information content (AvgIpc) is 3.12. The summed E-state index contributed by atoms with van der Waals surface area (Å²) in [7, 11) is 0. The van der Waals surface area contributed by atoms with Crippen molar-refractivity contribution in [2.24, 2.45) is 11.7 Å². The molecule has 2 heterocycles. The molecule has 0 aliphatic carbocycles. The third-order valence-corrected chi connectivity index (χ3v) is 5.36. The van der Waals surface area contributed by atoms with Crippen molar-refractivity contribution in [2.75, 3.05) is 32.8 Å². The maximum atomic E-state index is 13.3. The number of halogens is 1. The van der Waals surface area contributed by atoms with Crippen molar-refractivity contribution in [3.8, 4) is 0 Å². The van der Waals surface area contributed by atoms with Gasteiger partial charge < -0.3 is 20.7 Å². The lowest BCUT2D eigenvalue weighted by atomic mass is 9.74. The Morgan fingerprint density at radius 2 is 1.96 bits per heavy atom. The molecule has 0 radical (unpaired) electrons. The molecular weight excluding hydrogens is 325 g/mol. The maximum Gasteiger partial charge on any atom is 0.317 e. The van der Waals surface area contributed by atoms with E-state index in [2.05, 4.69) is 5.32 Å². The van der Waals surface area contributed by atoms with Gasteiger partial charge in [-0.05, 0) is 37.0 Å². The molecule has 0 saturated carbocycles. The van der Waals surface area contributed by atoms with Crippen LogP contribution in [0.15, 0.2) is 24.3 Å². The minimum Gasteiger partial charge on any atom is -0.381 e. The van der Waals surface area contributed by atoms with Gasteiger partial charge in [0.2, 0.25) is 5.91 Å². The van der Waals surface area contributed by atoms with Gasteiger partial charge in [0.05, 0.1) is 5.92 Å². The van der Waals surface area contributed by atoms with Crippen molar-refractivity contribution in [3.05, 3.63) is 35.6 Å². The standard InChI is InChI=1S/C18H24FN3O3/c19-15-3-1-14(2-4-15)18(6-9-25-10-7-18)12-21-17(24)22-8-5-13(11-22)16(20)23/h1-4,13H,5-12H2,(H2,20,23)(H,21,24)/t13-/m1/s1. The number of nitrogens with two attached hydrogens (primary N) is 1. The number of rotatable bonds is 4. The van der Waals surface area contributed by atoms with E-state index >= 15 is 0 Å². The zero-order chi connectivity index (χ0) is 17.9. The minimum atomic E-state index is -0.359. The van der Waals surface area contributed by atoms with Crippen LogP contribution >= 0.6 is 0 Å². The maximum absolute atomic E-state index is 13.3. The van der Waals surface area contributed by atoms with Crippen molar-refractivity contribution in [1.29, 1.82) is 0 Å². The Morgan fingerprint density at radius 3 is 2.56 bits per heavy atom. The molecule has 2 fully saturated rings. The summed E-state index contributed by atoms with van der Waals surface area (Å²) in [6, 6.07) is 6.28. The van der Waals surface area contributed by atoms with Gasteiger partial charge in [0.25, 0.3) is 0 Å². The number of urea groups is 1. The smallest absolute Gasteiger partial charge is 0.317 e. The number of carbonyl (C=O) groups is 2. The van der Waals surface area contributed by atoms with Gasteiger partial charge in [0.1, 0.15) is 5.82 Å². The van der Waals surface area contributed by atoms with Crippen LogP contribution in [0.1, 0.15) is 24.8 Å². The van der Waals surface area contributed by atoms with Crippen LogP contribution in [-0.4, -0.2) is 49.7 Å². The first-order chi connectivity index (χ1) is 12.0. The highest BCUT2D eigenvalue weighted by molar-refractivity contribution is 5.80. The Bertz CT molecular complexity index is 629. The van der Waals surface area contributed by atoms with E-state index in [1.54, 1.807) is 17.0 Å². The molecule has 2 aliphatic rings. The molecule has 7 heteroatoms. The molecule has 25 heavy (non-hydrogen) atoms. The van der Waals surface area contributed by atoms with E-state index in [1.807, 2.05) is 0 Å². The lowest BCUT2D eigenvalue weighted by Crippen LogP contribution is -2.48. The molecule has 1 aromatic rings. The van der Waals surface area contributed by atoms with Crippen molar-refractivity contribution in [3.63, 3.8) is 0 Å². The third kappa shape index (κ3) is 3.92. The normalized spacial score (nSPS) is 22.6. The van der Waals surface area contributed by atoms with Gasteiger partial charge in [0, 0.05) is 38.3 Å². The Morgan fingerprint density at radius 1 is 1.28 bits per heavy atom.